The first-order valence-electron chi connectivity index (χ1n) is 7.25. The Kier molecular flexibility index (Phi) is 5.89. The Labute approximate surface area is 133 Å². The van der Waals surface area contributed by atoms with E-state index in [2.05, 4.69) is 27.2 Å². The number of ether oxygens (including phenoxy) is 1. The van der Waals surface area contributed by atoms with Gasteiger partial charge in [-0.05, 0) is 6.42 Å². The van der Waals surface area contributed by atoms with Crippen LogP contribution in [0.25, 0.3) is 11.2 Å². The van der Waals surface area contributed by atoms with Crippen LogP contribution in [0.1, 0.15) is 19.8 Å². The number of rotatable bonds is 9. The van der Waals surface area contributed by atoms with E-state index in [9.17, 15) is 4.57 Å². The summed E-state index contributed by atoms with van der Waals surface area (Å²) in [6.07, 6.45) is 3.02. The van der Waals surface area contributed by atoms with E-state index in [1.54, 1.807) is 10.9 Å². The summed E-state index contributed by atoms with van der Waals surface area (Å²) in [5.41, 5.74) is 6.89. The van der Waals surface area contributed by atoms with Gasteiger partial charge >= 0.3 is 7.60 Å². The monoisotopic (exact) mass is 344 g/mol. The number of imidazole rings is 1. The average Bonchev–Trinajstić information content (AvgIpc) is 2.86. The number of hydrogen-bond acceptors (Lipinski definition) is 7. The SMILES string of the molecule is CCCCNc1nc(N)nc2c1ncn2CCOCP(=O)(O)O. The van der Waals surface area contributed by atoms with Crippen molar-refractivity contribution in [3.8, 4) is 0 Å². The lowest BCUT2D eigenvalue weighted by atomic mass is 10.3. The van der Waals surface area contributed by atoms with Crippen LogP contribution in [-0.4, -0.2) is 48.8 Å². The average molecular weight is 344 g/mol. The van der Waals surface area contributed by atoms with Crippen LogP contribution in [0.15, 0.2) is 6.33 Å². The minimum atomic E-state index is -4.15. The molecule has 11 heteroatoms. The van der Waals surface area contributed by atoms with Gasteiger partial charge < -0.3 is 30.1 Å². The summed E-state index contributed by atoms with van der Waals surface area (Å²) in [5.74, 6) is 0.713. The summed E-state index contributed by atoms with van der Waals surface area (Å²) in [5, 5.41) is 3.19. The summed E-state index contributed by atoms with van der Waals surface area (Å²) in [6, 6.07) is 0. The Hall–Kier alpha value is -1.74. The molecule has 0 aliphatic heterocycles. The summed E-state index contributed by atoms with van der Waals surface area (Å²) in [7, 11) is -4.15. The highest BCUT2D eigenvalue weighted by Crippen LogP contribution is 2.33. The van der Waals surface area contributed by atoms with Crippen LogP contribution < -0.4 is 11.1 Å². The number of nitrogens with zero attached hydrogens (tertiary/aromatic N) is 4. The van der Waals surface area contributed by atoms with Crippen molar-refractivity contribution >= 4 is 30.5 Å². The van der Waals surface area contributed by atoms with Gasteiger partial charge in [0.2, 0.25) is 5.95 Å². The van der Waals surface area contributed by atoms with Crippen molar-refractivity contribution in [2.75, 3.05) is 30.6 Å². The number of nitrogen functional groups attached to an aromatic ring is 1. The third kappa shape index (κ3) is 5.14. The van der Waals surface area contributed by atoms with E-state index >= 15 is 0 Å². The minimum absolute atomic E-state index is 0.124. The molecule has 23 heavy (non-hydrogen) atoms. The molecule has 2 aromatic heterocycles. The molecule has 0 bridgehead atoms. The Morgan fingerprint density at radius 3 is 2.91 bits per heavy atom. The molecule has 5 N–H and O–H groups in total. The van der Waals surface area contributed by atoms with E-state index in [0.717, 1.165) is 19.4 Å². The standard InChI is InChI=1S/C12H21N6O4P/c1-2-3-4-14-10-9-11(17-12(13)16-10)18(7-15-9)5-6-22-8-23(19,20)21/h7H,2-6,8H2,1H3,(H2,19,20,21)(H3,13,14,16,17). The normalized spacial score (nSPS) is 12.0. The van der Waals surface area contributed by atoms with Gasteiger partial charge in [-0.2, -0.15) is 9.97 Å². The Balaban J connectivity index is 2.08. The van der Waals surface area contributed by atoms with Crippen molar-refractivity contribution < 1.29 is 19.1 Å². The molecule has 0 saturated carbocycles. The van der Waals surface area contributed by atoms with Gasteiger partial charge in [-0.25, -0.2) is 4.98 Å². The first kappa shape index (κ1) is 17.6. The van der Waals surface area contributed by atoms with Gasteiger partial charge in [0, 0.05) is 13.1 Å². The van der Waals surface area contributed by atoms with Crippen molar-refractivity contribution in [3.05, 3.63) is 6.33 Å². The second-order valence-corrected chi connectivity index (χ2v) is 6.61. The zero-order valence-electron chi connectivity index (χ0n) is 12.8. The molecule has 0 fully saturated rings. The lowest BCUT2D eigenvalue weighted by Crippen LogP contribution is -2.09. The van der Waals surface area contributed by atoms with Gasteiger partial charge in [0.1, 0.15) is 6.35 Å². The fraction of sp³-hybridized carbons (Fsp3) is 0.583. The molecule has 0 aliphatic carbocycles. The molecule has 0 atom stereocenters. The van der Waals surface area contributed by atoms with Crippen LogP contribution in [0.3, 0.4) is 0 Å². The van der Waals surface area contributed by atoms with Gasteiger partial charge in [0.25, 0.3) is 0 Å². The van der Waals surface area contributed by atoms with Gasteiger partial charge in [0.05, 0.1) is 12.9 Å². The fourth-order valence-electron chi connectivity index (χ4n) is 1.98. The van der Waals surface area contributed by atoms with E-state index < -0.39 is 13.9 Å². The number of nitrogens with two attached hydrogens (primary N) is 1. The highest BCUT2D eigenvalue weighted by Gasteiger charge is 2.14. The molecule has 0 unspecified atom stereocenters. The summed E-state index contributed by atoms with van der Waals surface area (Å²) in [6.45, 7) is 3.33. The number of fused-ring (bicyclic) bond motifs is 1. The van der Waals surface area contributed by atoms with E-state index in [4.69, 9.17) is 20.3 Å². The van der Waals surface area contributed by atoms with Crippen LogP contribution >= 0.6 is 7.60 Å². The molecule has 0 saturated heterocycles. The molecule has 0 spiro atoms. The molecule has 2 heterocycles. The van der Waals surface area contributed by atoms with Crippen molar-refractivity contribution in [2.45, 2.75) is 26.3 Å². The Bertz CT molecular complexity index is 700. The predicted molar refractivity (Wildman–Crippen MR) is 86.0 cm³/mol. The highest BCUT2D eigenvalue weighted by molar-refractivity contribution is 7.51. The van der Waals surface area contributed by atoms with Crippen molar-refractivity contribution in [2.24, 2.45) is 0 Å². The first-order chi connectivity index (χ1) is 10.9. The maximum atomic E-state index is 10.7. The number of aromatic nitrogens is 4. The minimum Gasteiger partial charge on any atom is -0.368 e. The summed E-state index contributed by atoms with van der Waals surface area (Å²) < 4.78 is 17.4. The molecule has 0 aliphatic rings. The Morgan fingerprint density at radius 2 is 2.22 bits per heavy atom. The van der Waals surface area contributed by atoms with E-state index in [-0.39, 0.29) is 12.6 Å². The van der Waals surface area contributed by atoms with Gasteiger partial charge in [0.15, 0.2) is 17.0 Å². The molecule has 0 amide bonds. The van der Waals surface area contributed by atoms with Gasteiger partial charge in [-0.1, -0.05) is 13.3 Å². The summed E-state index contributed by atoms with van der Waals surface area (Å²) in [4.78, 5) is 30.1. The van der Waals surface area contributed by atoms with Crippen LogP contribution in [0, 0.1) is 0 Å². The maximum Gasteiger partial charge on any atom is 0.350 e. The number of unbranched alkanes of at least 4 members (excludes halogenated alkanes) is 1. The highest BCUT2D eigenvalue weighted by atomic mass is 31.2. The van der Waals surface area contributed by atoms with Crippen molar-refractivity contribution in [1.29, 1.82) is 0 Å². The maximum absolute atomic E-state index is 10.7. The summed E-state index contributed by atoms with van der Waals surface area (Å²) >= 11 is 0. The van der Waals surface area contributed by atoms with Crippen LogP contribution in [0.2, 0.25) is 0 Å². The zero-order chi connectivity index (χ0) is 16.9. The van der Waals surface area contributed by atoms with Gasteiger partial charge in [-0.15, -0.1) is 0 Å². The number of nitrogens with one attached hydrogen (secondary N) is 1. The van der Waals surface area contributed by atoms with Crippen LogP contribution in [-0.2, 0) is 15.8 Å². The topological polar surface area (TPSA) is 148 Å². The lowest BCUT2D eigenvalue weighted by Gasteiger charge is -2.08. The smallest absolute Gasteiger partial charge is 0.350 e. The Morgan fingerprint density at radius 1 is 1.43 bits per heavy atom. The quantitative estimate of drug-likeness (QED) is 0.382. The molecule has 128 valence electrons. The second kappa shape index (κ2) is 7.69. The zero-order valence-corrected chi connectivity index (χ0v) is 13.7. The fourth-order valence-corrected chi connectivity index (χ4v) is 2.34. The third-order valence-electron chi connectivity index (χ3n) is 3.04. The number of anilines is 2. The molecular weight excluding hydrogens is 323 g/mol. The molecule has 10 nitrogen and oxygen atoms in total. The predicted octanol–water partition coefficient (Wildman–Crippen LogP) is 0.772. The van der Waals surface area contributed by atoms with E-state index in [1.165, 1.54) is 0 Å². The van der Waals surface area contributed by atoms with Crippen molar-refractivity contribution in [1.82, 2.24) is 19.5 Å². The van der Waals surface area contributed by atoms with E-state index in [1.807, 2.05) is 0 Å². The van der Waals surface area contributed by atoms with Crippen LogP contribution in [0.4, 0.5) is 11.8 Å². The molecule has 0 aromatic carbocycles. The molecule has 0 radical (unpaired) electrons. The molecule has 2 rings (SSSR count). The largest absolute Gasteiger partial charge is 0.368 e. The van der Waals surface area contributed by atoms with Crippen molar-refractivity contribution in [3.63, 3.8) is 0 Å². The molecular formula is C12H21N6O4P. The molecule has 2 aromatic rings. The number of hydrogen-bond donors (Lipinski definition) is 4. The first-order valence-corrected chi connectivity index (χ1v) is 9.05. The van der Waals surface area contributed by atoms with Gasteiger partial charge in [-0.3, -0.25) is 4.57 Å². The van der Waals surface area contributed by atoms with Crippen LogP contribution in [0.5, 0.6) is 0 Å². The lowest BCUT2D eigenvalue weighted by molar-refractivity contribution is 0.149. The second-order valence-electron chi connectivity index (χ2n) is 5.02. The third-order valence-corrected chi connectivity index (χ3v) is 3.56. The van der Waals surface area contributed by atoms with E-state index in [0.29, 0.717) is 23.5 Å².